The molecule has 2 rings (SSSR count). The van der Waals surface area contributed by atoms with Crippen LogP contribution in [0.5, 0.6) is 0 Å². The maximum Gasteiger partial charge on any atom is 0.337 e. The van der Waals surface area contributed by atoms with Gasteiger partial charge in [0.05, 0.1) is 12.7 Å². The molecule has 0 unspecified atom stereocenters. The fourth-order valence-corrected chi connectivity index (χ4v) is 2.10. The molecule has 0 aromatic heterocycles. The number of hydrogen-bond donors (Lipinski definition) is 2. The number of carbonyl (C=O) groups excluding carboxylic acids is 1. The summed E-state index contributed by atoms with van der Waals surface area (Å²) in [5.74, 6) is -0.732. The van der Waals surface area contributed by atoms with Crippen molar-refractivity contribution in [2.24, 2.45) is 0 Å². The molecule has 0 aliphatic heterocycles. The number of thiocarbonyl (C=S) groups is 1. The summed E-state index contributed by atoms with van der Waals surface area (Å²) in [6.07, 6.45) is 0. The summed E-state index contributed by atoms with van der Waals surface area (Å²) in [6.45, 7) is 1.66. The number of hydrogen-bond acceptors (Lipinski definition) is 3. The number of anilines is 2. The Bertz CT molecular complexity index is 719. The molecule has 6 heteroatoms. The molecule has 0 saturated carbocycles. The van der Waals surface area contributed by atoms with Gasteiger partial charge in [-0.1, -0.05) is 12.1 Å². The molecule has 4 nitrogen and oxygen atoms in total. The van der Waals surface area contributed by atoms with E-state index in [1.165, 1.54) is 13.2 Å². The van der Waals surface area contributed by atoms with E-state index < -0.39 is 5.97 Å². The van der Waals surface area contributed by atoms with Crippen LogP contribution in [0.15, 0.2) is 42.5 Å². The first-order chi connectivity index (χ1) is 10.5. The van der Waals surface area contributed by atoms with E-state index in [2.05, 4.69) is 15.4 Å². The third kappa shape index (κ3) is 3.79. The lowest BCUT2D eigenvalue weighted by Gasteiger charge is -2.13. The molecule has 0 fully saturated rings. The van der Waals surface area contributed by atoms with Crippen molar-refractivity contribution in [2.45, 2.75) is 6.92 Å². The van der Waals surface area contributed by atoms with Crippen LogP contribution in [0.1, 0.15) is 15.9 Å². The lowest BCUT2D eigenvalue weighted by molar-refractivity contribution is 0.0601. The van der Waals surface area contributed by atoms with Crippen LogP contribution in [0.4, 0.5) is 15.8 Å². The Balaban J connectivity index is 2.09. The summed E-state index contributed by atoms with van der Waals surface area (Å²) in [7, 11) is 1.32. The van der Waals surface area contributed by atoms with Crippen LogP contribution in [0.25, 0.3) is 0 Å². The standard InChI is InChI=1S/C16H15FN2O2S/c1-10-13(17)7-4-8-14(10)19-16(22)18-12-6-3-5-11(9-12)15(20)21-2/h3-9H,1-2H3,(H2,18,19,22). The van der Waals surface area contributed by atoms with Crippen LogP contribution in [0.3, 0.4) is 0 Å². The number of carbonyl (C=O) groups is 1. The molecular weight excluding hydrogens is 303 g/mol. The second kappa shape index (κ2) is 7.00. The maximum atomic E-state index is 13.5. The molecule has 0 aliphatic carbocycles. The smallest absolute Gasteiger partial charge is 0.337 e. The molecule has 0 spiro atoms. The number of nitrogens with one attached hydrogen (secondary N) is 2. The lowest BCUT2D eigenvalue weighted by Crippen LogP contribution is -2.20. The van der Waals surface area contributed by atoms with Gasteiger partial charge in [0.2, 0.25) is 0 Å². The van der Waals surface area contributed by atoms with Crippen molar-refractivity contribution in [1.82, 2.24) is 0 Å². The normalized spacial score (nSPS) is 9.95. The van der Waals surface area contributed by atoms with Gasteiger partial charge in [0.25, 0.3) is 0 Å². The molecule has 0 bridgehead atoms. The van der Waals surface area contributed by atoms with Crippen LogP contribution in [-0.4, -0.2) is 18.2 Å². The third-order valence-corrected chi connectivity index (χ3v) is 3.26. The van der Waals surface area contributed by atoms with E-state index in [1.54, 1.807) is 43.3 Å². The van der Waals surface area contributed by atoms with Crippen molar-refractivity contribution in [1.29, 1.82) is 0 Å². The molecule has 0 atom stereocenters. The average molecular weight is 318 g/mol. The zero-order valence-corrected chi connectivity index (χ0v) is 13.0. The van der Waals surface area contributed by atoms with E-state index in [0.717, 1.165) is 0 Å². The number of ether oxygens (including phenoxy) is 1. The second-order valence-electron chi connectivity index (χ2n) is 4.56. The maximum absolute atomic E-state index is 13.5. The quantitative estimate of drug-likeness (QED) is 0.667. The monoisotopic (exact) mass is 318 g/mol. The summed E-state index contributed by atoms with van der Waals surface area (Å²) in [4.78, 5) is 11.5. The van der Waals surface area contributed by atoms with Crippen molar-refractivity contribution in [2.75, 3.05) is 17.7 Å². The molecule has 0 heterocycles. The Labute approximate surface area is 133 Å². The SMILES string of the molecule is COC(=O)c1cccc(NC(=S)Nc2cccc(F)c2C)c1. The van der Waals surface area contributed by atoms with Gasteiger partial charge in [0, 0.05) is 16.9 Å². The van der Waals surface area contributed by atoms with Gasteiger partial charge in [-0.15, -0.1) is 0 Å². The number of rotatable bonds is 3. The first-order valence-corrected chi connectivity index (χ1v) is 6.93. The van der Waals surface area contributed by atoms with Crippen LogP contribution < -0.4 is 10.6 Å². The highest BCUT2D eigenvalue weighted by Crippen LogP contribution is 2.18. The van der Waals surface area contributed by atoms with E-state index in [4.69, 9.17) is 12.2 Å². The van der Waals surface area contributed by atoms with Gasteiger partial charge in [-0.2, -0.15) is 0 Å². The molecule has 0 saturated heterocycles. The van der Waals surface area contributed by atoms with E-state index >= 15 is 0 Å². The van der Waals surface area contributed by atoms with E-state index in [9.17, 15) is 9.18 Å². The zero-order valence-electron chi connectivity index (χ0n) is 12.1. The Kier molecular flexibility index (Phi) is 5.06. The Morgan fingerprint density at radius 3 is 2.64 bits per heavy atom. The second-order valence-corrected chi connectivity index (χ2v) is 4.97. The van der Waals surface area contributed by atoms with Crippen molar-refractivity contribution >= 4 is 34.7 Å². The lowest BCUT2D eigenvalue weighted by atomic mass is 10.2. The molecule has 22 heavy (non-hydrogen) atoms. The summed E-state index contributed by atoms with van der Waals surface area (Å²) in [6, 6.07) is 11.5. The summed E-state index contributed by atoms with van der Waals surface area (Å²) >= 11 is 5.20. The minimum atomic E-state index is -0.427. The van der Waals surface area contributed by atoms with Crippen LogP contribution in [0, 0.1) is 12.7 Å². The van der Waals surface area contributed by atoms with E-state index in [1.807, 2.05) is 0 Å². The van der Waals surface area contributed by atoms with Crippen LogP contribution in [-0.2, 0) is 4.74 Å². The Morgan fingerprint density at radius 1 is 1.18 bits per heavy atom. The van der Waals surface area contributed by atoms with Gasteiger partial charge >= 0.3 is 5.97 Å². The highest BCUT2D eigenvalue weighted by Gasteiger charge is 2.08. The van der Waals surface area contributed by atoms with Crippen molar-refractivity contribution in [3.63, 3.8) is 0 Å². The van der Waals surface area contributed by atoms with Crippen molar-refractivity contribution in [3.05, 3.63) is 59.4 Å². The van der Waals surface area contributed by atoms with Crippen molar-refractivity contribution in [3.8, 4) is 0 Å². The first kappa shape index (κ1) is 15.9. The Morgan fingerprint density at radius 2 is 1.91 bits per heavy atom. The third-order valence-electron chi connectivity index (χ3n) is 3.06. The molecule has 0 amide bonds. The molecule has 2 N–H and O–H groups in total. The predicted octanol–water partition coefficient (Wildman–Crippen LogP) is 3.73. The minimum Gasteiger partial charge on any atom is -0.465 e. The molecule has 0 radical (unpaired) electrons. The fraction of sp³-hybridized carbons (Fsp3) is 0.125. The summed E-state index contributed by atoms with van der Waals surface area (Å²) in [5, 5.41) is 6.17. The van der Waals surface area contributed by atoms with Crippen LogP contribution >= 0.6 is 12.2 Å². The number of methoxy groups -OCH3 is 1. The fourth-order valence-electron chi connectivity index (χ4n) is 1.87. The van der Waals surface area contributed by atoms with Gasteiger partial charge < -0.3 is 15.4 Å². The average Bonchev–Trinajstić information content (AvgIpc) is 2.51. The number of halogens is 1. The van der Waals surface area contributed by atoms with Gasteiger partial charge in [-0.3, -0.25) is 0 Å². The minimum absolute atomic E-state index is 0.302. The Hall–Kier alpha value is -2.47. The summed E-state index contributed by atoms with van der Waals surface area (Å²) in [5.41, 5.74) is 2.11. The van der Waals surface area contributed by atoms with Gasteiger partial charge in [0.15, 0.2) is 5.11 Å². The van der Waals surface area contributed by atoms with Gasteiger partial charge in [0.1, 0.15) is 5.82 Å². The van der Waals surface area contributed by atoms with Gasteiger partial charge in [-0.05, 0) is 49.5 Å². The largest absolute Gasteiger partial charge is 0.465 e. The molecule has 2 aromatic carbocycles. The molecule has 2 aromatic rings. The van der Waals surface area contributed by atoms with Crippen LogP contribution in [0.2, 0.25) is 0 Å². The molecule has 114 valence electrons. The topological polar surface area (TPSA) is 50.4 Å². The first-order valence-electron chi connectivity index (χ1n) is 6.52. The van der Waals surface area contributed by atoms with Crippen molar-refractivity contribution < 1.29 is 13.9 Å². The number of benzene rings is 2. The molecule has 0 aliphatic rings. The highest BCUT2D eigenvalue weighted by molar-refractivity contribution is 7.80. The summed E-state index contributed by atoms with van der Waals surface area (Å²) < 4.78 is 18.1. The predicted molar refractivity (Wildman–Crippen MR) is 88.8 cm³/mol. The van der Waals surface area contributed by atoms with Gasteiger partial charge in [-0.25, -0.2) is 9.18 Å². The van der Waals surface area contributed by atoms with E-state index in [-0.39, 0.29) is 5.82 Å². The highest BCUT2D eigenvalue weighted by atomic mass is 32.1. The van der Waals surface area contributed by atoms with E-state index in [0.29, 0.717) is 27.6 Å². The molecular formula is C16H15FN2O2S. The number of esters is 1. The zero-order chi connectivity index (χ0) is 16.1.